The first-order chi connectivity index (χ1) is 9.96. The Balaban J connectivity index is 2.58. The van der Waals surface area contributed by atoms with Gasteiger partial charge < -0.3 is 19.5 Å². The van der Waals surface area contributed by atoms with Gasteiger partial charge in [0.15, 0.2) is 11.5 Å². The zero-order valence-corrected chi connectivity index (χ0v) is 14.0. The molecule has 0 radical (unpaired) electrons. The first-order valence-corrected chi connectivity index (χ1v) is 7.58. The maximum absolute atomic E-state index is 5.77. The van der Waals surface area contributed by atoms with Crippen LogP contribution in [0.25, 0.3) is 0 Å². The topological polar surface area (TPSA) is 39.7 Å². The highest BCUT2D eigenvalue weighted by Gasteiger charge is 2.10. The molecule has 0 saturated heterocycles. The normalized spacial score (nSPS) is 11.5. The quantitative estimate of drug-likeness (QED) is 0.709. The fourth-order valence-electron chi connectivity index (χ4n) is 1.77. The highest BCUT2D eigenvalue weighted by Crippen LogP contribution is 2.28. The number of rotatable bonds is 9. The SMILES string of the molecule is CCCOCCOc1cc(CNC(C)(C)C)ccc1OC. The van der Waals surface area contributed by atoms with Gasteiger partial charge in [-0.2, -0.15) is 0 Å². The lowest BCUT2D eigenvalue weighted by Crippen LogP contribution is -2.35. The third kappa shape index (κ3) is 7.34. The summed E-state index contributed by atoms with van der Waals surface area (Å²) >= 11 is 0. The van der Waals surface area contributed by atoms with Gasteiger partial charge in [-0.1, -0.05) is 13.0 Å². The summed E-state index contributed by atoms with van der Waals surface area (Å²) in [6.07, 6.45) is 1.03. The van der Waals surface area contributed by atoms with Gasteiger partial charge in [-0.05, 0) is 44.9 Å². The first-order valence-electron chi connectivity index (χ1n) is 7.58. The lowest BCUT2D eigenvalue weighted by atomic mass is 10.1. The second-order valence-corrected chi connectivity index (χ2v) is 6.05. The molecule has 1 aromatic rings. The van der Waals surface area contributed by atoms with Crippen LogP contribution < -0.4 is 14.8 Å². The van der Waals surface area contributed by atoms with Crippen LogP contribution in [0.5, 0.6) is 11.5 Å². The van der Waals surface area contributed by atoms with Crippen molar-refractivity contribution in [3.8, 4) is 11.5 Å². The molecule has 0 unspecified atom stereocenters. The summed E-state index contributed by atoms with van der Waals surface area (Å²) in [6, 6.07) is 6.03. The van der Waals surface area contributed by atoms with Gasteiger partial charge in [0, 0.05) is 18.7 Å². The maximum Gasteiger partial charge on any atom is 0.161 e. The molecule has 4 heteroatoms. The van der Waals surface area contributed by atoms with E-state index < -0.39 is 0 Å². The molecule has 0 atom stereocenters. The number of benzene rings is 1. The highest BCUT2D eigenvalue weighted by atomic mass is 16.5. The van der Waals surface area contributed by atoms with E-state index in [0.717, 1.165) is 31.1 Å². The van der Waals surface area contributed by atoms with Crippen LogP contribution in [0.2, 0.25) is 0 Å². The fourth-order valence-corrected chi connectivity index (χ4v) is 1.77. The van der Waals surface area contributed by atoms with E-state index in [-0.39, 0.29) is 5.54 Å². The number of hydrogen-bond donors (Lipinski definition) is 1. The van der Waals surface area contributed by atoms with E-state index in [4.69, 9.17) is 14.2 Å². The monoisotopic (exact) mass is 295 g/mol. The van der Waals surface area contributed by atoms with E-state index in [1.54, 1.807) is 7.11 Å². The van der Waals surface area contributed by atoms with Crippen LogP contribution in [0, 0.1) is 0 Å². The van der Waals surface area contributed by atoms with E-state index in [1.165, 1.54) is 5.56 Å². The van der Waals surface area contributed by atoms with Crippen molar-refractivity contribution in [3.05, 3.63) is 23.8 Å². The molecule has 0 bridgehead atoms. The third-order valence-electron chi connectivity index (χ3n) is 2.88. The molecule has 1 N–H and O–H groups in total. The molecule has 1 rings (SSSR count). The Morgan fingerprint density at radius 1 is 1.05 bits per heavy atom. The van der Waals surface area contributed by atoms with Gasteiger partial charge in [-0.3, -0.25) is 0 Å². The lowest BCUT2D eigenvalue weighted by molar-refractivity contribution is 0.0995. The molecule has 0 aliphatic rings. The van der Waals surface area contributed by atoms with Gasteiger partial charge in [0.25, 0.3) is 0 Å². The maximum atomic E-state index is 5.77. The van der Waals surface area contributed by atoms with Crippen molar-refractivity contribution in [2.24, 2.45) is 0 Å². The predicted molar refractivity (Wildman–Crippen MR) is 86.2 cm³/mol. The minimum absolute atomic E-state index is 0.0922. The van der Waals surface area contributed by atoms with E-state index in [9.17, 15) is 0 Å². The van der Waals surface area contributed by atoms with Gasteiger partial charge in [0.05, 0.1) is 13.7 Å². The summed E-state index contributed by atoms with van der Waals surface area (Å²) in [4.78, 5) is 0. The van der Waals surface area contributed by atoms with E-state index in [1.807, 2.05) is 12.1 Å². The molecule has 0 aromatic heterocycles. The van der Waals surface area contributed by atoms with Gasteiger partial charge >= 0.3 is 0 Å². The molecule has 0 heterocycles. The van der Waals surface area contributed by atoms with Gasteiger partial charge in [0.1, 0.15) is 6.61 Å². The van der Waals surface area contributed by atoms with Crippen molar-refractivity contribution in [1.29, 1.82) is 0 Å². The molecule has 21 heavy (non-hydrogen) atoms. The Bertz CT molecular complexity index is 413. The van der Waals surface area contributed by atoms with Crippen molar-refractivity contribution >= 4 is 0 Å². The summed E-state index contributed by atoms with van der Waals surface area (Å²) in [5, 5.41) is 3.47. The van der Waals surface area contributed by atoms with Gasteiger partial charge in [0.2, 0.25) is 0 Å². The second kappa shape index (κ2) is 8.90. The van der Waals surface area contributed by atoms with E-state index >= 15 is 0 Å². The Morgan fingerprint density at radius 2 is 1.81 bits per heavy atom. The van der Waals surface area contributed by atoms with Crippen LogP contribution in [-0.4, -0.2) is 32.5 Å². The average Bonchev–Trinajstić information content (AvgIpc) is 2.44. The zero-order chi connectivity index (χ0) is 15.7. The molecule has 1 aromatic carbocycles. The molecule has 120 valence electrons. The molecule has 0 fully saturated rings. The van der Waals surface area contributed by atoms with Crippen LogP contribution in [0.15, 0.2) is 18.2 Å². The van der Waals surface area contributed by atoms with E-state index in [2.05, 4.69) is 39.1 Å². The Labute approximate surface area is 128 Å². The van der Waals surface area contributed by atoms with Crippen LogP contribution in [0.3, 0.4) is 0 Å². The predicted octanol–water partition coefficient (Wildman–Crippen LogP) is 3.39. The van der Waals surface area contributed by atoms with Crippen LogP contribution >= 0.6 is 0 Å². The summed E-state index contributed by atoms with van der Waals surface area (Å²) in [5.74, 6) is 1.52. The summed E-state index contributed by atoms with van der Waals surface area (Å²) in [7, 11) is 1.66. The van der Waals surface area contributed by atoms with E-state index in [0.29, 0.717) is 13.2 Å². The molecule has 0 spiro atoms. The number of nitrogens with one attached hydrogen (secondary N) is 1. The average molecular weight is 295 g/mol. The first kappa shape index (κ1) is 17.8. The van der Waals surface area contributed by atoms with Crippen molar-refractivity contribution in [2.45, 2.75) is 46.2 Å². The van der Waals surface area contributed by atoms with Crippen LogP contribution in [0.4, 0.5) is 0 Å². The van der Waals surface area contributed by atoms with Crippen molar-refractivity contribution in [3.63, 3.8) is 0 Å². The minimum Gasteiger partial charge on any atom is -0.493 e. The number of hydrogen-bond acceptors (Lipinski definition) is 4. The molecule has 0 amide bonds. The second-order valence-electron chi connectivity index (χ2n) is 6.05. The molecule has 0 aliphatic heterocycles. The van der Waals surface area contributed by atoms with Gasteiger partial charge in [-0.15, -0.1) is 0 Å². The fraction of sp³-hybridized carbons (Fsp3) is 0.647. The molecular formula is C17H29NO3. The smallest absolute Gasteiger partial charge is 0.161 e. The molecule has 0 aliphatic carbocycles. The van der Waals surface area contributed by atoms with Crippen molar-refractivity contribution < 1.29 is 14.2 Å². The molecular weight excluding hydrogens is 266 g/mol. The highest BCUT2D eigenvalue weighted by molar-refractivity contribution is 5.43. The number of ether oxygens (including phenoxy) is 3. The number of methoxy groups -OCH3 is 1. The molecule has 4 nitrogen and oxygen atoms in total. The van der Waals surface area contributed by atoms with Crippen LogP contribution in [0.1, 0.15) is 39.7 Å². The standard InChI is InChI=1S/C17H29NO3/c1-6-9-20-10-11-21-16-12-14(7-8-15(16)19-5)13-18-17(2,3)4/h7-8,12,18H,6,9-11,13H2,1-5H3. The largest absolute Gasteiger partial charge is 0.493 e. The van der Waals surface area contributed by atoms with Crippen molar-refractivity contribution in [2.75, 3.05) is 26.9 Å². The summed E-state index contributed by atoms with van der Waals surface area (Å²) < 4.78 is 16.5. The zero-order valence-electron chi connectivity index (χ0n) is 14.0. The minimum atomic E-state index is 0.0922. The van der Waals surface area contributed by atoms with Gasteiger partial charge in [-0.25, -0.2) is 0 Å². The van der Waals surface area contributed by atoms with Crippen LogP contribution in [-0.2, 0) is 11.3 Å². The summed E-state index contributed by atoms with van der Waals surface area (Å²) in [5.41, 5.74) is 1.27. The Kier molecular flexibility index (Phi) is 7.54. The lowest BCUT2D eigenvalue weighted by Gasteiger charge is -2.21. The van der Waals surface area contributed by atoms with Crippen molar-refractivity contribution in [1.82, 2.24) is 5.32 Å². The molecule has 0 saturated carbocycles. The Morgan fingerprint density at radius 3 is 2.43 bits per heavy atom. The Hall–Kier alpha value is -1.26. The summed E-state index contributed by atoms with van der Waals surface area (Å²) in [6.45, 7) is 11.3. The third-order valence-corrected chi connectivity index (χ3v) is 2.88.